The second-order valence-corrected chi connectivity index (χ2v) is 6.67. The summed E-state index contributed by atoms with van der Waals surface area (Å²) in [5, 5.41) is 0. The van der Waals surface area contributed by atoms with Crippen LogP contribution in [0.25, 0.3) is 0 Å². The monoisotopic (exact) mass is 292 g/mol. The number of hydrogen-bond donors (Lipinski definition) is 0. The van der Waals surface area contributed by atoms with Crippen molar-refractivity contribution in [3.8, 4) is 0 Å². The molecule has 0 aromatic carbocycles. The lowest BCUT2D eigenvalue weighted by Crippen LogP contribution is -1.82. The van der Waals surface area contributed by atoms with Gasteiger partial charge in [-0.1, -0.05) is 101 Å². The van der Waals surface area contributed by atoms with E-state index in [1.165, 1.54) is 89.0 Å². The van der Waals surface area contributed by atoms with Gasteiger partial charge in [0.05, 0.1) is 0 Å². The molecule has 0 atom stereocenters. The van der Waals surface area contributed by atoms with Gasteiger partial charge < -0.3 is 0 Å². The maximum Gasteiger partial charge on any atom is -0.0167 e. The highest BCUT2D eigenvalue weighted by atomic mass is 14.0. The Kier molecular flexibility index (Phi) is 17.1. The highest BCUT2D eigenvalue weighted by molar-refractivity contribution is 4.98. The van der Waals surface area contributed by atoms with Crippen LogP contribution in [-0.2, 0) is 0 Å². The van der Waals surface area contributed by atoms with E-state index in [0.717, 1.165) is 6.42 Å². The minimum atomic E-state index is 1.11. The third-order valence-electron chi connectivity index (χ3n) is 4.05. The molecular formula is C21H40. The second kappa shape index (κ2) is 17.5. The number of rotatable bonds is 15. The third-order valence-corrected chi connectivity index (χ3v) is 4.05. The van der Waals surface area contributed by atoms with Crippen molar-refractivity contribution >= 4 is 0 Å². The Morgan fingerprint density at radius 3 is 1.57 bits per heavy atom. The van der Waals surface area contributed by atoms with Crippen molar-refractivity contribution in [3.05, 3.63) is 23.8 Å². The lowest BCUT2D eigenvalue weighted by Gasteiger charge is -2.02. The predicted molar refractivity (Wildman–Crippen MR) is 98.9 cm³/mol. The molecule has 0 aliphatic carbocycles. The van der Waals surface area contributed by atoms with E-state index in [1.807, 2.05) is 0 Å². The summed E-state index contributed by atoms with van der Waals surface area (Å²) >= 11 is 0. The summed E-state index contributed by atoms with van der Waals surface area (Å²) < 4.78 is 0. The van der Waals surface area contributed by atoms with Crippen molar-refractivity contribution in [2.24, 2.45) is 0 Å². The summed E-state index contributed by atoms with van der Waals surface area (Å²) in [6.07, 6.45) is 26.6. The largest absolute Gasteiger partial charge is 0.0882 e. The average Bonchev–Trinajstić information content (AvgIpc) is 2.46. The predicted octanol–water partition coefficient (Wildman–Crippen LogP) is 7.99. The Balaban J connectivity index is 3.07. The Hall–Kier alpha value is -0.520. The zero-order chi connectivity index (χ0) is 15.6. The first-order valence-corrected chi connectivity index (χ1v) is 9.55. The Morgan fingerprint density at radius 2 is 1.10 bits per heavy atom. The van der Waals surface area contributed by atoms with E-state index in [2.05, 4.69) is 39.0 Å². The molecule has 0 aliphatic rings. The number of allylic oxidation sites excluding steroid dienone is 4. The first-order valence-electron chi connectivity index (χ1n) is 9.55. The second-order valence-electron chi connectivity index (χ2n) is 6.67. The first kappa shape index (κ1) is 20.5. The molecule has 0 aromatic rings. The molecule has 0 spiro atoms. The molecule has 0 amide bonds. The summed E-state index contributed by atoms with van der Waals surface area (Å²) in [5.74, 6) is 0. The smallest absolute Gasteiger partial charge is 0.0167 e. The summed E-state index contributed by atoms with van der Waals surface area (Å²) in [7, 11) is 0. The van der Waals surface area contributed by atoms with Gasteiger partial charge in [0.25, 0.3) is 0 Å². The SMILES string of the molecule is CCCCCCCCCCCCCC/C=C/CC=C(C)C. The van der Waals surface area contributed by atoms with Crippen LogP contribution < -0.4 is 0 Å². The molecule has 21 heavy (non-hydrogen) atoms. The molecule has 0 heteroatoms. The molecule has 0 aliphatic heterocycles. The van der Waals surface area contributed by atoms with Gasteiger partial charge in [0.2, 0.25) is 0 Å². The lowest BCUT2D eigenvalue weighted by molar-refractivity contribution is 0.545. The van der Waals surface area contributed by atoms with Crippen LogP contribution in [0.4, 0.5) is 0 Å². The van der Waals surface area contributed by atoms with E-state index in [-0.39, 0.29) is 0 Å². The minimum absolute atomic E-state index is 1.11. The molecule has 0 rings (SSSR count). The Bertz CT molecular complexity index is 243. The topological polar surface area (TPSA) is 0 Å². The Labute approximate surface area is 135 Å². The average molecular weight is 293 g/mol. The van der Waals surface area contributed by atoms with Gasteiger partial charge in [0.15, 0.2) is 0 Å². The van der Waals surface area contributed by atoms with Crippen molar-refractivity contribution in [1.82, 2.24) is 0 Å². The maximum absolute atomic E-state index is 2.36. The molecule has 0 saturated heterocycles. The highest BCUT2D eigenvalue weighted by Gasteiger charge is 1.92. The van der Waals surface area contributed by atoms with Crippen LogP contribution in [0.3, 0.4) is 0 Å². The first-order chi connectivity index (χ1) is 10.3. The quantitative estimate of drug-likeness (QED) is 0.212. The fourth-order valence-electron chi connectivity index (χ4n) is 2.62. The van der Waals surface area contributed by atoms with Gasteiger partial charge in [-0.05, 0) is 33.1 Å². The Morgan fingerprint density at radius 1 is 0.619 bits per heavy atom. The van der Waals surface area contributed by atoms with E-state index in [9.17, 15) is 0 Å². The molecule has 0 saturated carbocycles. The summed E-state index contributed by atoms with van der Waals surface area (Å²) in [6, 6.07) is 0. The van der Waals surface area contributed by atoms with Crippen LogP contribution in [0.1, 0.15) is 111 Å². The summed E-state index contributed by atoms with van der Waals surface area (Å²) in [6.45, 7) is 6.62. The molecule has 0 bridgehead atoms. The van der Waals surface area contributed by atoms with Gasteiger partial charge in [-0.15, -0.1) is 0 Å². The van der Waals surface area contributed by atoms with Crippen molar-refractivity contribution < 1.29 is 0 Å². The minimum Gasteiger partial charge on any atom is -0.0882 e. The van der Waals surface area contributed by atoms with Crippen molar-refractivity contribution in [1.29, 1.82) is 0 Å². The maximum atomic E-state index is 2.36. The van der Waals surface area contributed by atoms with Crippen LogP contribution in [0.2, 0.25) is 0 Å². The van der Waals surface area contributed by atoms with Crippen molar-refractivity contribution in [3.63, 3.8) is 0 Å². The van der Waals surface area contributed by atoms with Gasteiger partial charge >= 0.3 is 0 Å². The molecule has 0 radical (unpaired) electrons. The molecule has 124 valence electrons. The van der Waals surface area contributed by atoms with Gasteiger partial charge in [-0.25, -0.2) is 0 Å². The van der Waals surface area contributed by atoms with E-state index >= 15 is 0 Å². The van der Waals surface area contributed by atoms with Gasteiger partial charge in [-0.3, -0.25) is 0 Å². The molecule has 0 heterocycles. The van der Waals surface area contributed by atoms with Gasteiger partial charge in [-0.2, -0.15) is 0 Å². The van der Waals surface area contributed by atoms with Crippen LogP contribution in [-0.4, -0.2) is 0 Å². The zero-order valence-electron chi connectivity index (χ0n) is 15.1. The molecular weight excluding hydrogens is 252 g/mol. The van der Waals surface area contributed by atoms with Crippen LogP contribution in [0.15, 0.2) is 23.8 Å². The van der Waals surface area contributed by atoms with Gasteiger partial charge in [0, 0.05) is 0 Å². The zero-order valence-corrected chi connectivity index (χ0v) is 15.1. The standard InChI is InChI=1S/C21H40/c1-4-5-6-7-8-9-10-11-12-13-14-15-16-17-18-19-20-21(2)3/h17-18,20H,4-16,19H2,1-3H3/b18-17+. The van der Waals surface area contributed by atoms with E-state index in [4.69, 9.17) is 0 Å². The van der Waals surface area contributed by atoms with E-state index < -0.39 is 0 Å². The van der Waals surface area contributed by atoms with Crippen LogP contribution in [0.5, 0.6) is 0 Å². The van der Waals surface area contributed by atoms with E-state index in [0.29, 0.717) is 0 Å². The van der Waals surface area contributed by atoms with E-state index in [1.54, 1.807) is 0 Å². The number of hydrogen-bond acceptors (Lipinski definition) is 0. The normalized spacial score (nSPS) is 11.2. The fourth-order valence-corrected chi connectivity index (χ4v) is 2.62. The third kappa shape index (κ3) is 19.5. The summed E-state index contributed by atoms with van der Waals surface area (Å²) in [5.41, 5.74) is 1.42. The van der Waals surface area contributed by atoms with Crippen LogP contribution >= 0.6 is 0 Å². The van der Waals surface area contributed by atoms with Gasteiger partial charge in [0.1, 0.15) is 0 Å². The molecule has 0 N–H and O–H groups in total. The number of unbranched alkanes of at least 4 members (excludes halogenated alkanes) is 12. The molecule has 0 nitrogen and oxygen atoms in total. The summed E-state index contributed by atoms with van der Waals surface area (Å²) in [4.78, 5) is 0. The van der Waals surface area contributed by atoms with Crippen LogP contribution in [0, 0.1) is 0 Å². The van der Waals surface area contributed by atoms with Crippen molar-refractivity contribution in [2.75, 3.05) is 0 Å². The van der Waals surface area contributed by atoms with Crippen molar-refractivity contribution in [2.45, 2.75) is 111 Å². The molecule has 0 aromatic heterocycles. The highest BCUT2D eigenvalue weighted by Crippen LogP contribution is 2.12. The molecule has 0 fully saturated rings. The lowest BCUT2D eigenvalue weighted by atomic mass is 10.0. The fraction of sp³-hybridized carbons (Fsp3) is 0.810. The molecule has 0 unspecified atom stereocenters.